The van der Waals surface area contributed by atoms with Gasteiger partial charge in [0, 0.05) is 12.5 Å². The third-order valence-corrected chi connectivity index (χ3v) is 5.47. The first kappa shape index (κ1) is 16.5. The lowest BCUT2D eigenvalue weighted by molar-refractivity contribution is -0.140. The fourth-order valence-electron chi connectivity index (χ4n) is 4.53. The van der Waals surface area contributed by atoms with Crippen molar-refractivity contribution in [2.75, 3.05) is 7.11 Å². The second-order valence-electron chi connectivity index (χ2n) is 7.05. The molecular weight excluding hydrogens is 262 g/mol. The second-order valence-corrected chi connectivity index (χ2v) is 7.05. The highest BCUT2D eigenvalue weighted by Crippen LogP contribution is 2.55. The standard InChI is InChI=1S/C18H31NO2/c1-13(19)11-17-15-10-9-14(12-15)16(17)7-5-3-4-6-8-18(20)21-2/h3,5,13-17H,4,6-12,19H2,1-2H3/b5-3-. The van der Waals surface area contributed by atoms with Gasteiger partial charge in [0.15, 0.2) is 0 Å². The molecule has 2 aliphatic rings. The second kappa shape index (κ2) is 7.98. The van der Waals surface area contributed by atoms with Gasteiger partial charge in [-0.05, 0) is 75.5 Å². The smallest absolute Gasteiger partial charge is 0.305 e. The Hall–Kier alpha value is -0.830. The summed E-state index contributed by atoms with van der Waals surface area (Å²) >= 11 is 0. The average molecular weight is 293 g/mol. The van der Waals surface area contributed by atoms with E-state index < -0.39 is 0 Å². The maximum absolute atomic E-state index is 11.0. The summed E-state index contributed by atoms with van der Waals surface area (Å²) in [4.78, 5) is 11.0. The summed E-state index contributed by atoms with van der Waals surface area (Å²) in [5.74, 6) is 3.49. The Morgan fingerprint density at radius 3 is 2.67 bits per heavy atom. The Morgan fingerprint density at radius 1 is 1.29 bits per heavy atom. The minimum absolute atomic E-state index is 0.103. The molecule has 2 N–H and O–H groups in total. The number of esters is 1. The topological polar surface area (TPSA) is 52.3 Å². The van der Waals surface area contributed by atoms with E-state index >= 15 is 0 Å². The van der Waals surface area contributed by atoms with Crippen molar-refractivity contribution in [2.45, 2.75) is 64.3 Å². The predicted molar refractivity (Wildman–Crippen MR) is 85.7 cm³/mol. The van der Waals surface area contributed by atoms with Crippen LogP contribution in [-0.4, -0.2) is 19.1 Å². The summed E-state index contributed by atoms with van der Waals surface area (Å²) in [6, 6.07) is 0.334. The van der Waals surface area contributed by atoms with Crippen molar-refractivity contribution in [1.29, 1.82) is 0 Å². The van der Waals surface area contributed by atoms with E-state index in [9.17, 15) is 4.79 Å². The molecule has 0 aromatic carbocycles. The molecule has 2 saturated carbocycles. The van der Waals surface area contributed by atoms with E-state index in [1.54, 1.807) is 0 Å². The minimum atomic E-state index is -0.103. The van der Waals surface area contributed by atoms with Crippen LogP contribution in [0.4, 0.5) is 0 Å². The number of hydrogen-bond donors (Lipinski definition) is 1. The van der Waals surface area contributed by atoms with Gasteiger partial charge in [0.25, 0.3) is 0 Å². The first-order chi connectivity index (χ1) is 10.1. The number of nitrogens with two attached hydrogens (primary N) is 1. The molecule has 0 aromatic rings. The zero-order valence-corrected chi connectivity index (χ0v) is 13.6. The van der Waals surface area contributed by atoms with Crippen molar-refractivity contribution in [1.82, 2.24) is 0 Å². The van der Waals surface area contributed by atoms with Crippen LogP contribution >= 0.6 is 0 Å². The summed E-state index contributed by atoms with van der Waals surface area (Å²) in [6.45, 7) is 2.14. The molecule has 5 atom stereocenters. The molecule has 5 unspecified atom stereocenters. The summed E-state index contributed by atoms with van der Waals surface area (Å²) in [5.41, 5.74) is 6.04. The Kier molecular flexibility index (Phi) is 6.28. The van der Waals surface area contributed by atoms with Crippen molar-refractivity contribution in [3.05, 3.63) is 12.2 Å². The van der Waals surface area contributed by atoms with Crippen molar-refractivity contribution >= 4 is 5.97 Å². The van der Waals surface area contributed by atoms with Crippen LogP contribution in [0.5, 0.6) is 0 Å². The van der Waals surface area contributed by atoms with Crippen molar-refractivity contribution in [2.24, 2.45) is 29.4 Å². The predicted octanol–water partition coefficient (Wildman–Crippen LogP) is 3.68. The van der Waals surface area contributed by atoms with E-state index in [0.717, 1.165) is 36.5 Å². The van der Waals surface area contributed by atoms with Crippen LogP contribution in [-0.2, 0) is 9.53 Å². The van der Waals surface area contributed by atoms with E-state index in [-0.39, 0.29) is 5.97 Å². The molecule has 2 aliphatic carbocycles. The van der Waals surface area contributed by atoms with Crippen LogP contribution in [0.3, 0.4) is 0 Å². The third-order valence-electron chi connectivity index (χ3n) is 5.47. The molecule has 0 radical (unpaired) electrons. The number of hydrogen-bond acceptors (Lipinski definition) is 3. The van der Waals surface area contributed by atoms with Gasteiger partial charge in [-0.2, -0.15) is 0 Å². The lowest BCUT2D eigenvalue weighted by Gasteiger charge is -2.31. The number of allylic oxidation sites excluding steroid dienone is 2. The van der Waals surface area contributed by atoms with Crippen LogP contribution in [0, 0.1) is 23.7 Å². The lowest BCUT2D eigenvalue weighted by Crippen LogP contribution is -2.28. The van der Waals surface area contributed by atoms with Gasteiger partial charge in [0.2, 0.25) is 0 Å². The van der Waals surface area contributed by atoms with Crippen LogP contribution in [0.2, 0.25) is 0 Å². The van der Waals surface area contributed by atoms with Crippen molar-refractivity contribution in [3.8, 4) is 0 Å². The molecular formula is C18H31NO2. The molecule has 0 amide bonds. The molecule has 0 saturated heterocycles. The zero-order valence-electron chi connectivity index (χ0n) is 13.6. The van der Waals surface area contributed by atoms with Gasteiger partial charge in [-0.15, -0.1) is 0 Å². The van der Waals surface area contributed by atoms with Crippen LogP contribution in [0.1, 0.15) is 58.3 Å². The normalized spacial score (nSPS) is 32.7. The average Bonchev–Trinajstić information content (AvgIpc) is 3.04. The third kappa shape index (κ3) is 4.57. The molecule has 21 heavy (non-hydrogen) atoms. The Balaban J connectivity index is 1.72. The van der Waals surface area contributed by atoms with E-state index in [4.69, 9.17) is 5.73 Å². The van der Waals surface area contributed by atoms with Crippen molar-refractivity contribution < 1.29 is 9.53 Å². The SMILES string of the molecule is COC(=O)CCC/C=C\CC1C2CCC(C2)C1CC(C)N. The van der Waals surface area contributed by atoms with E-state index in [1.807, 2.05) is 0 Å². The molecule has 2 rings (SSSR count). The molecule has 0 heterocycles. The van der Waals surface area contributed by atoms with Gasteiger partial charge in [0.1, 0.15) is 0 Å². The highest BCUT2D eigenvalue weighted by Gasteiger charge is 2.46. The Morgan fingerprint density at radius 2 is 2.00 bits per heavy atom. The fourth-order valence-corrected chi connectivity index (χ4v) is 4.53. The van der Waals surface area contributed by atoms with Gasteiger partial charge >= 0.3 is 5.97 Å². The van der Waals surface area contributed by atoms with Gasteiger partial charge in [-0.3, -0.25) is 4.79 Å². The van der Waals surface area contributed by atoms with E-state index in [1.165, 1.54) is 39.2 Å². The highest BCUT2D eigenvalue weighted by molar-refractivity contribution is 5.68. The number of ether oxygens (including phenoxy) is 1. The number of unbranched alkanes of at least 4 members (excludes halogenated alkanes) is 1. The molecule has 0 aliphatic heterocycles. The summed E-state index contributed by atoms with van der Waals surface area (Å²) < 4.78 is 4.65. The molecule has 120 valence electrons. The van der Waals surface area contributed by atoms with Gasteiger partial charge in [-0.25, -0.2) is 0 Å². The summed E-state index contributed by atoms with van der Waals surface area (Å²) in [6.07, 6.45) is 13.7. The summed E-state index contributed by atoms with van der Waals surface area (Å²) in [7, 11) is 1.45. The lowest BCUT2D eigenvalue weighted by atomic mass is 9.75. The number of methoxy groups -OCH3 is 1. The maximum atomic E-state index is 11.0. The largest absolute Gasteiger partial charge is 0.469 e. The van der Waals surface area contributed by atoms with Gasteiger partial charge in [0.05, 0.1) is 7.11 Å². The number of carbonyl (C=O) groups is 1. The number of carbonyl (C=O) groups excluding carboxylic acids is 1. The quantitative estimate of drug-likeness (QED) is 0.422. The molecule has 2 bridgehead atoms. The fraction of sp³-hybridized carbons (Fsp3) is 0.833. The van der Waals surface area contributed by atoms with Crippen LogP contribution in [0.15, 0.2) is 12.2 Å². The molecule has 2 fully saturated rings. The van der Waals surface area contributed by atoms with E-state index in [0.29, 0.717) is 12.5 Å². The Bertz CT molecular complexity index is 364. The van der Waals surface area contributed by atoms with Crippen LogP contribution < -0.4 is 5.73 Å². The summed E-state index contributed by atoms with van der Waals surface area (Å²) in [5, 5.41) is 0. The number of fused-ring (bicyclic) bond motifs is 2. The monoisotopic (exact) mass is 293 g/mol. The first-order valence-corrected chi connectivity index (χ1v) is 8.59. The van der Waals surface area contributed by atoms with E-state index in [2.05, 4.69) is 23.8 Å². The highest BCUT2D eigenvalue weighted by atomic mass is 16.5. The van der Waals surface area contributed by atoms with Crippen LogP contribution in [0.25, 0.3) is 0 Å². The zero-order chi connectivity index (χ0) is 15.2. The van der Waals surface area contributed by atoms with Crippen molar-refractivity contribution in [3.63, 3.8) is 0 Å². The minimum Gasteiger partial charge on any atom is -0.469 e. The number of rotatable bonds is 8. The van der Waals surface area contributed by atoms with Gasteiger partial charge in [-0.1, -0.05) is 12.2 Å². The molecule has 0 spiro atoms. The molecule has 3 nitrogen and oxygen atoms in total. The van der Waals surface area contributed by atoms with Gasteiger partial charge < -0.3 is 10.5 Å². The maximum Gasteiger partial charge on any atom is 0.305 e. The Labute approximate surface area is 129 Å². The first-order valence-electron chi connectivity index (χ1n) is 8.59. The molecule has 3 heteroatoms. The molecule has 0 aromatic heterocycles.